The average molecular weight is 374 g/mol. The van der Waals surface area contributed by atoms with E-state index in [4.69, 9.17) is 0 Å². The number of nitro benzene ring substituents is 1. The molecule has 0 heterocycles. The highest BCUT2D eigenvalue weighted by Crippen LogP contribution is 2.19. The Morgan fingerprint density at radius 2 is 2.04 bits per heavy atom. The summed E-state index contributed by atoms with van der Waals surface area (Å²) < 4.78 is 0. The number of benzene rings is 1. The minimum absolute atomic E-state index is 0.0134. The Morgan fingerprint density at radius 1 is 1.26 bits per heavy atom. The number of nitrogens with one attached hydrogen (secondary N) is 2. The van der Waals surface area contributed by atoms with Crippen LogP contribution in [0, 0.1) is 10.1 Å². The molecule has 2 rings (SSSR count). The largest absolute Gasteiger partial charge is 0.337 e. The van der Waals surface area contributed by atoms with Gasteiger partial charge in [0.2, 0.25) is 5.91 Å². The summed E-state index contributed by atoms with van der Waals surface area (Å²) in [7, 11) is 1.67. The zero-order chi connectivity index (χ0) is 19.6. The molecule has 3 amide bonds. The molecule has 1 aromatic carbocycles. The molecular weight excluding hydrogens is 348 g/mol. The number of amides is 3. The lowest BCUT2D eigenvalue weighted by molar-refractivity contribution is -0.385. The molecule has 0 radical (unpaired) electrons. The van der Waals surface area contributed by atoms with Crippen LogP contribution in [0.5, 0.6) is 0 Å². The molecule has 0 unspecified atom stereocenters. The van der Waals surface area contributed by atoms with Gasteiger partial charge in [0.1, 0.15) is 0 Å². The zero-order valence-electron chi connectivity index (χ0n) is 15.6. The van der Waals surface area contributed by atoms with Crippen molar-refractivity contribution < 1.29 is 14.5 Å². The predicted molar refractivity (Wildman–Crippen MR) is 102 cm³/mol. The average Bonchev–Trinajstić information content (AvgIpc) is 2.62. The molecule has 27 heavy (non-hydrogen) atoms. The van der Waals surface area contributed by atoms with E-state index in [1.54, 1.807) is 30.1 Å². The number of para-hydroxylation sites is 1. The smallest absolute Gasteiger partial charge is 0.321 e. The topological polar surface area (TPSA) is 105 Å². The van der Waals surface area contributed by atoms with Gasteiger partial charge in [-0.25, -0.2) is 4.79 Å². The fourth-order valence-electron chi connectivity index (χ4n) is 3.09. The van der Waals surface area contributed by atoms with Gasteiger partial charge in [0, 0.05) is 24.7 Å². The molecule has 0 saturated heterocycles. The van der Waals surface area contributed by atoms with Crippen LogP contribution in [0.15, 0.2) is 35.9 Å². The lowest BCUT2D eigenvalue weighted by Gasteiger charge is -2.16. The van der Waals surface area contributed by atoms with Gasteiger partial charge in [-0.1, -0.05) is 29.8 Å². The van der Waals surface area contributed by atoms with Crippen molar-refractivity contribution >= 4 is 17.6 Å². The monoisotopic (exact) mass is 374 g/mol. The Morgan fingerprint density at radius 3 is 2.74 bits per heavy atom. The first-order valence-corrected chi connectivity index (χ1v) is 9.12. The lowest BCUT2D eigenvalue weighted by atomic mass is 9.97. The summed E-state index contributed by atoms with van der Waals surface area (Å²) in [6, 6.07) is 5.88. The number of likely N-dealkylation sites (N-methyl/N-ethyl adjacent to an activating group) is 1. The number of hydrogen-bond acceptors (Lipinski definition) is 5. The highest BCUT2D eigenvalue weighted by atomic mass is 16.6. The molecule has 1 aliphatic carbocycles. The Hall–Kier alpha value is -2.74. The standard InChI is InChI=1S/C19H26N4O4/c1-22(13-16-9-5-6-10-17(16)23(26)27)14-18(24)21-19(25)20-12-11-15-7-3-2-4-8-15/h5-7,9-10H,2-4,8,11-14H2,1H3,(H2,20,21,24,25). The molecule has 8 heteroatoms. The fourth-order valence-corrected chi connectivity index (χ4v) is 3.09. The van der Waals surface area contributed by atoms with Crippen molar-refractivity contribution in [3.05, 3.63) is 51.6 Å². The SMILES string of the molecule is CN(CC(=O)NC(=O)NCCC1=CCCCC1)Cc1ccccc1[N+](=O)[O-]. The van der Waals surface area contributed by atoms with E-state index in [0.29, 0.717) is 12.1 Å². The second-order valence-corrected chi connectivity index (χ2v) is 6.72. The van der Waals surface area contributed by atoms with E-state index in [2.05, 4.69) is 16.7 Å². The number of rotatable bonds is 8. The van der Waals surface area contributed by atoms with Crippen molar-refractivity contribution in [3.8, 4) is 0 Å². The van der Waals surface area contributed by atoms with Crippen molar-refractivity contribution in [2.24, 2.45) is 0 Å². The molecule has 0 bridgehead atoms. The van der Waals surface area contributed by atoms with Gasteiger partial charge in [0.15, 0.2) is 0 Å². The van der Waals surface area contributed by atoms with Crippen LogP contribution in [0.4, 0.5) is 10.5 Å². The summed E-state index contributed by atoms with van der Waals surface area (Å²) in [6.45, 7) is 0.696. The first kappa shape index (κ1) is 20.6. The molecule has 8 nitrogen and oxygen atoms in total. The maximum Gasteiger partial charge on any atom is 0.321 e. The van der Waals surface area contributed by atoms with Crippen LogP contribution in [0.3, 0.4) is 0 Å². The summed E-state index contributed by atoms with van der Waals surface area (Å²) in [6.07, 6.45) is 7.64. The van der Waals surface area contributed by atoms with E-state index in [-0.39, 0.29) is 18.8 Å². The van der Waals surface area contributed by atoms with Gasteiger partial charge in [-0.15, -0.1) is 0 Å². The van der Waals surface area contributed by atoms with Gasteiger partial charge in [-0.2, -0.15) is 0 Å². The van der Waals surface area contributed by atoms with E-state index in [1.807, 2.05) is 0 Å². The zero-order valence-corrected chi connectivity index (χ0v) is 15.6. The summed E-state index contributed by atoms with van der Waals surface area (Å²) in [4.78, 5) is 36.0. The fraction of sp³-hybridized carbons (Fsp3) is 0.474. The van der Waals surface area contributed by atoms with Gasteiger partial charge in [-0.05, 0) is 39.2 Å². The number of hydrogen-bond donors (Lipinski definition) is 2. The van der Waals surface area contributed by atoms with Gasteiger partial charge in [-0.3, -0.25) is 25.1 Å². The van der Waals surface area contributed by atoms with E-state index in [0.717, 1.165) is 19.3 Å². The summed E-state index contributed by atoms with van der Waals surface area (Å²) in [5.41, 5.74) is 1.89. The van der Waals surface area contributed by atoms with Crippen molar-refractivity contribution in [3.63, 3.8) is 0 Å². The summed E-state index contributed by atoms with van der Waals surface area (Å²) >= 11 is 0. The first-order chi connectivity index (χ1) is 13.0. The quantitative estimate of drug-likeness (QED) is 0.414. The first-order valence-electron chi connectivity index (χ1n) is 9.12. The summed E-state index contributed by atoms with van der Waals surface area (Å²) in [5, 5.41) is 16.0. The third-order valence-corrected chi connectivity index (χ3v) is 4.41. The molecule has 0 aliphatic heterocycles. The molecular formula is C19H26N4O4. The lowest BCUT2D eigenvalue weighted by Crippen LogP contribution is -2.44. The van der Waals surface area contributed by atoms with Gasteiger partial charge < -0.3 is 5.32 Å². The second-order valence-electron chi connectivity index (χ2n) is 6.72. The van der Waals surface area contributed by atoms with Crippen LogP contribution < -0.4 is 10.6 Å². The van der Waals surface area contributed by atoms with Gasteiger partial charge >= 0.3 is 6.03 Å². The van der Waals surface area contributed by atoms with E-state index < -0.39 is 16.9 Å². The Labute approximate surface area is 158 Å². The third-order valence-electron chi connectivity index (χ3n) is 4.41. The van der Waals surface area contributed by atoms with Crippen molar-refractivity contribution in [2.75, 3.05) is 20.1 Å². The number of allylic oxidation sites excluding steroid dienone is 1. The number of nitro groups is 1. The molecule has 0 fully saturated rings. The molecule has 0 aromatic heterocycles. The molecule has 1 aliphatic rings. The minimum Gasteiger partial charge on any atom is -0.337 e. The number of carbonyl (C=O) groups is 2. The molecule has 2 N–H and O–H groups in total. The number of urea groups is 1. The van der Waals surface area contributed by atoms with Crippen molar-refractivity contribution in [1.29, 1.82) is 0 Å². The van der Waals surface area contributed by atoms with E-state index in [9.17, 15) is 19.7 Å². The normalized spacial score (nSPS) is 13.8. The van der Waals surface area contributed by atoms with Crippen LogP contribution >= 0.6 is 0 Å². The molecule has 1 aromatic rings. The minimum atomic E-state index is -0.518. The highest BCUT2D eigenvalue weighted by Gasteiger charge is 2.16. The van der Waals surface area contributed by atoms with Crippen molar-refractivity contribution in [2.45, 2.75) is 38.6 Å². The highest BCUT2D eigenvalue weighted by molar-refractivity contribution is 5.95. The van der Waals surface area contributed by atoms with Crippen LogP contribution in [-0.4, -0.2) is 41.9 Å². The van der Waals surface area contributed by atoms with Crippen LogP contribution in [0.25, 0.3) is 0 Å². The molecule has 0 spiro atoms. The number of nitrogens with zero attached hydrogens (tertiary/aromatic N) is 2. The van der Waals surface area contributed by atoms with Crippen LogP contribution in [0.1, 0.15) is 37.7 Å². The number of carbonyl (C=O) groups excluding carboxylic acids is 2. The van der Waals surface area contributed by atoms with Crippen molar-refractivity contribution in [1.82, 2.24) is 15.5 Å². The molecule has 0 atom stereocenters. The Bertz CT molecular complexity index is 717. The van der Waals surface area contributed by atoms with Crippen LogP contribution in [-0.2, 0) is 11.3 Å². The van der Waals surface area contributed by atoms with E-state index in [1.165, 1.54) is 24.5 Å². The maximum atomic E-state index is 12.0. The molecule has 146 valence electrons. The second kappa shape index (κ2) is 10.4. The Balaban J connectivity index is 1.72. The Kier molecular flexibility index (Phi) is 7.94. The molecule has 0 saturated carbocycles. The van der Waals surface area contributed by atoms with Gasteiger partial charge in [0.25, 0.3) is 5.69 Å². The third kappa shape index (κ3) is 7.18. The maximum absolute atomic E-state index is 12.0. The number of imide groups is 1. The summed E-state index contributed by atoms with van der Waals surface area (Å²) in [5.74, 6) is -0.453. The van der Waals surface area contributed by atoms with E-state index >= 15 is 0 Å². The van der Waals surface area contributed by atoms with Crippen LogP contribution in [0.2, 0.25) is 0 Å². The predicted octanol–water partition coefficient (Wildman–Crippen LogP) is 2.74. The van der Waals surface area contributed by atoms with Gasteiger partial charge in [0.05, 0.1) is 11.5 Å².